The van der Waals surface area contributed by atoms with Gasteiger partial charge in [0.2, 0.25) is 0 Å². The molecule has 0 aliphatic carbocycles. The largest absolute Gasteiger partial charge is 0.493 e. The van der Waals surface area contributed by atoms with Crippen molar-refractivity contribution >= 4 is 5.69 Å². The van der Waals surface area contributed by atoms with Crippen molar-refractivity contribution in [3.8, 4) is 5.75 Å². The highest BCUT2D eigenvalue weighted by atomic mass is 16.5. The van der Waals surface area contributed by atoms with Gasteiger partial charge in [-0.15, -0.1) is 0 Å². The lowest BCUT2D eigenvalue weighted by atomic mass is 10.1. The van der Waals surface area contributed by atoms with E-state index in [0.29, 0.717) is 12.0 Å². The van der Waals surface area contributed by atoms with Crippen LogP contribution in [0.4, 0.5) is 5.69 Å². The highest BCUT2D eigenvalue weighted by molar-refractivity contribution is 5.48. The number of nitrogens with one attached hydrogen (secondary N) is 1. The smallest absolute Gasteiger partial charge is 0.121 e. The molecule has 1 aliphatic rings. The Morgan fingerprint density at radius 2 is 2.21 bits per heavy atom. The Balaban J connectivity index is 1.90. The predicted octanol–water partition coefficient (Wildman–Crippen LogP) is 3.70. The van der Waals surface area contributed by atoms with E-state index >= 15 is 0 Å². The van der Waals surface area contributed by atoms with Crippen LogP contribution in [0.2, 0.25) is 0 Å². The minimum atomic E-state index is 0.517. The highest BCUT2D eigenvalue weighted by Gasteiger charge is 2.12. The maximum atomic E-state index is 5.76. The summed E-state index contributed by atoms with van der Waals surface area (Å²) in [7, 11) is 0. The summed E-state index contributed by atoms with van der Waals surface area (Å²) in [6, 6.07) is 8.78. The summed E-state index contributed by atoms with van der Waals surface area (Å²) in [5.41, 5.74) is 1.15. The summed E-state index contributed by atoms with van der Waals surface area (Å²) in [4.78, 5) is 0. The summed E-state index contributed by atoms with van der Waals surface area (Å²) in [5, 5.41) is 3.59. The van der Waals surface area contributed by atoms with Gasteiger partial charge in [0.25, 0.3) is 0 Å². The van der Waals surface area contributed by atoms with Crippen LogP contribution >= 0.6 is 0 Å². The fraction of sp³-hybridized carbons (Fsp3) is 0.625. The second-order valence-electron chi connectivity index (χ2n) is 5.62. The van der Waals surface area contributed by atoms with E-state index in [4.69, 9.17) is 9.47 Å². The van der Waals surface area contributed by atoms with Gasteiger partial charge in [0.15, 0.2) is 0 Å². The fourth-order valence-electron chi connectivity index (χ4n) is 2.22. The molecular weight excluding hydrogens is 238 g/mol. The third-order valence-electron chi connectivity index (χ3n) is 3.24. The third-order valence-corrected chi connectivity index (χ3v) is 3.24. The molecule has 0 bridgehead atoms. The average molecular weight is 263 g/mol. The van der Waals surface area contributed by atoms with E-state index in [1.807, 2.05) is 12.1 Å². The van der Waals surface area contributed by atoms with Gasteiger partial charge in [0.1, 0.15) is 5.75 Å². The Hall–Kier alpha value is -1.22. The Morgan fingerprint density at radius 3 is 3.05 bits per heavy atom. The van der Waals surface area contributed by atoms with Crippen LogP contribution in [-0.2, 0) is 4.74 Å². The summed E-state index contributed by atoms with van der Waals surface area (Å²) in [6.45, 7) is 6.85. The zero-order valence-corrected chi connectivity index (χ0v) is 12.0. The van der Waals surface area contributed by atoms with E-state index < -0.39 is 0 Å². The summed E-state index contributed by atoms with van der Waals surface area (Å²) < 4.78 is 11.2. The number of rotatable bonds is 5. The van der Waals surface area contributed by atoms with Crippen LogP contribution in [0.1, 0.15) is 33.1 Å². The minimum absolute atomic E-state index is 0.517. The lowest BCUT2D eigenvalue weighted by Crippen LogP contribution is -2.19. The van der Waals surface area contributed by atoms with Gasteiger partial charge >= 0.3 is 0 Å². The van der Waals surface area contributed by atoms with E-state index in [-0.39, 0.29) is 0 Å². The molecule has 3 nitrogen and oxygen atoms in total. The first kappa shape index (κ1) is 14.2. The molecule has 0 spiro atoms. The zero-order valence-electron chi connectivity index (χ0n) is 12.0. The van der Waals surface area contributed by atoms with Crippen LogP contribution in [0.3, 0.4) is 0 Å². The average Bonchev–Trinajstić information content (AvgIpc) is 2.65. The first-order chi connectivity index (χ1) is 9.24. The molecular formula is C16H25NO2. The van der Waals surface area contributed by atoms with E-state index in [2.05, 4.69) is 31.3 Å². The first-order valence-electron chi connectivity index (χ1n) is 7.31. The molecule has 0 radical (unpaired) electrons. The summed E-state index contributed by atoms with van der Waals surface area (Å²) >= 11 is 0. The Morgan fingerprint density at radius 1 is 1.32 bits per heavy atom. The molecule has 3 heteroatoms. The van der Waals surface area contributed by atoms with Crippen molar-refractivity contribution in [1.82, 2.24) is 0 Å². The Labute approximate surface area is 116 Å². The molecule has 1 unspecified atom stereocenters. The second-order valence-corrected chi connectivity index (χ2v) is 5.62. The van der Waals surface area contributed by atoms with Gasteiger partial charge in [-0.2, -0.15) is 0 Å². The normalized spacial score (nSPS) is 20.1. The van der Waals surface area contributed by atoms with Crippen LogP contribution in [0.25, 0.3) is 0 Å². The van der Waals surface area contributed by atoms with Crippen LogP contribution in [-0.4, -0.2) is 25.9 Å². The molecule has 106 valence electrons. The van der Waals surface area contributed by atoms with Crippen molar-refractivity contribution in [2.24, 2.45) is 5.92 Å². The van der Waals surface area contributed by atoms with E-state index in [1.54, 1.807) is 0 Å². The maximum Gasteiger partial charge on any atom is 0.121 e. The van der Waals surface area contributed by atoms with Crippen molar-refractivity contribution in [3.63, 3.8) is 0 Å². The lowest BCUT2D eigenvalue weighted by Gasteiger charge is -2.18. The quantitative estimate of drug-likeness (QED) is 0.878. The SMILES string of the molecule is CC(C)COc1cccc(NC2CCCOCC2)c1. The molecule has 1 heterocycles. The topological polar surface area (TPSA) is 30.5 Å². The highest BCUT2D eigenvalue weighted by Crippen LogP contribution is 2.21. The number of hydrogen-bond donors (Lipinski definition) is 1. The van der Waals surface area contributed by atoms with Crippen molar-refractivity contribution in [2.75, 3.05) is 25.1 Å². The Bertz CT molecular complexity index is 371. The zero-order chi connectivity index (χ0) is 13.5. The van der Waals surface area contributed by atoms with Gasteiger partial charge in [0, 0.05) is 31.0 Å². The van der Waals surface area contributed by atoms with Gasteiger partial charge in [-0.25, -0.2) is 0 Å². The first-order valence-corrected chi connectivity index (χ1v) is 7.31. The van der Waals surface area contributed by atoms with Gasteiger partial charge < -0.3 is 14.8 Å². The molecule has 1 aromatic rings. The molecule has 1 atom stereocenters. The summed E-state index contributed by atoms with van der Waals surface area (Å²) in [6.07, 6.45) is 3.40. The fourth-order valence-corrected chi connectivity index (χ4v) is 2.22. The molecule has 1 aromatic carbocycles. The predicted molar refractivity (Wildman–Crippen MR) is 78.9 cm³/mol. The van der Waals surface area contributed by atoms with E-state index in [9.17, 15) is 0 Å². The van der Waals surface area contributed by atoms with Gasteiger partial charge in [-0.05, 0) is 37.3 Å². The monoisotopic (exact) mass is 263 g/mol. The maximum absolute atomic E-state index is 5.76. The van der Waals surface area contributed by atoms with Gasteiger partial charge in [-0.3, -0.25) is 0 Å². The molecule has 0 amide bonds. The Kier molecular flexibility index (Phi) is 5.52. The van der Waals surface area contributed by atoms with Crippen LogP contribution in [0.15, 0.2) is 24.3 Å². The number of benzene rings is 1. The molecule has 19 heavy (non-hydrogen) atoms. The van der Waals surface area contributed by atoms with Gasteiger partial charge in [-0.1, -0.05) is 19.9 Å². The molecule has 1 N–H and O–H groups in total. The van der Waals surface area contributed by atoms with Crippen molar-refractivity contribution in [1.29, 1.82) is 0 Å². The van der Waals surface area contributed by atoms with Crippen LogP contribution in [0.5, 0.6) is 5.75 Å². The van der Waals surface area contributed by atoms with Crippen molar-refractivity contribution in [3.05, 3.63) is 24.3 Å². The third kappa shape index (κ3) is 5.11. The van der Waals surface area contributed by atoms with Crippen molar-refractivity contribution in [2.45, 2.75) is 39.2 Å². The molecule has 0 saturated carbocycles. The van der Waals surface area contributed by atoms with Crippen molar-refractivity contribution < 1.29 is 9.47 Å². The summed E-state index contributed by atoms with van der Waals surface area (Å²) in [5.74, 6) is 1.50. The molecule has 1 aliphatic heterocycles. The number of hydrogen-bond acceptors (Lipinski definition) is 3. The van der Waals surface area contributed by atoms with Crippen LogP contribution in [0, 0.1) is 5.92 Å². The van der Waals surface area contributed by atoms with E-state index in [0.717, 1.165) is 44.1 Å². The lowest BCUT2D eigenvalue weighted by molar-refractivity contribution is 0.144. The molecule has 2 rings (SSSR count). The molecule has 1 saturated heterocycles. The number of ether oxygens (including phenoxy) is 2. The number of anilines is 1. The molecule has 0 aromatic heterocycles. The van der Waals surface area contributed by atoms with Crippen LogP contribution < -0.4 is 10.1 Å². The molecule has 1 fully saturated rings. The van der Waals surface area contributed by atoms with E-state index in [1.165, 1.54) is 6.42 Å². The second kappa shape index (κ2) is 7.39. The minimum Gasteiger partial charge on any atom is -0.493 e. The van der Waals surface area contributed by atoms with Gasteiger partial charge in [0.05, 0.1) is 6.61 Å². The standard InChI is InChI=1S/C16H25NO2/c1-13(2)12-19-16-7-3-5-15(11-16)17-14-6-4-9-18-10-8-14/h3,5,7,11,13-14,17H,4,6,8-10,12H2,1-2H3.